The van der Waals surface area contributed by atoms with Gasteiger partial charge in [-0.1, -0.05) is 29.3 Å². The van der Waals surface area contributed by atoms with Crippen LogP contribution in [0, 0.1) is 6.92 Å². The van der Waals surface area contributed by atoms with Gasteiger partial charge in [0.25, 0.3) is 0 Å². The van der Waals surface area contributed by atoms with Crippen LogP contribution < -0.4 is 0 Å². The van der Waals surface area contributed by atoms with E-state index >= 15 is 0 Å². The maximum Gasteiger partial charge on any atom is 0.338 e. The smallest absolute Gasteiger partial charge is 0.338 e. The van der Waals surface area contributed by atoms with Gasteiger partial charge >= 0.3 is 11.9 Å². The number of halogens is 1. The highest BCUT2D eigenvalue weighted by molar-refractivity contribution is 6.30. The molecule has 0 radical (unpaired) electrons. The highest BCUT2D eigenvalue weighted by Gasteiger charge is 2.33. The number of ether oxygens (including phenoxy) is 3. The number of rotatable bonds is 5. The number of hydrogen-bond donors (Lipinski definition) is 0. The quantitative estimate of drug-likeness (QED) is 0.744. The van der Waals surface area contributed by atoms with Crippen molar-refractivity contribution in [3.05, 3.63) is 70.2 Å². The van der Waals surface area contributed by atoms with Crippen LogP contribution in [0.5, 0.6) is 0 Å². The fraction of sp³-hybridized carbons (Fsp3) is 0.300. The van der Waals surface area contributed by atoms with E-state index in [1.807, 2.05) is 19.1 Å². The Bertz CT molecular complexity index is 770. The number of esters is 2. The van der Waals surface area contributed by atoms with Crippen molar-refractivity contribution in [2.45, 2.75) is 25.6 Å². The Morgan fingerprint density at radius 3 is 2.35 bits per heavy atom. The largest absolute Gasteiger partial charge is 0.459 e. The summed E-state index contributed by atoms with van der Waals surface area (Å²) in [6.45, 7) is 2.42. The Morgan fingerprint density at radius 2 is 1.65 bits per heavy atom. The van der Waals surface area contributed by atoms with Crippen molar-refractivity contribution in [3.63, 3.8) is 0 Å². The predicted molar refractivity (Wildman–Crippen MR) is 96.5 cm³/mol. The molecular formula is C20H19ClO5. The third-order valence-electron chi connectivity index (χ3n) is 4.15. The summed E-state index contributed by atoms with van der Waals surface area (Å²) in [4.78, 5) is 24.3. The second-order valence-corrected chi connectivity index (χ2v) is 6.55. The van der Waals surface area contributed by atoms with Gasteiger partial charge in [-0.15, -0.1) is 0 Å². The molecule has 1 heterocycles. The fourth-order valence-electron chi connectivity index (χ4n) is 2.64. The van der Waals surface area contributed by atoms with E-state index in [0.717, 1.165) is 5.56 Å². The van der Waals surface area contributed by atoms with E-state index in [1.54, 1.807) is 36.4 Å². The fourth-order valence-corrected chi connectivity index (χ4v) is 2.77. The summed E-state index contributed by atoms with van der Waals surface area (Å²) in [6, 6.07) is 13.6. The van der Waals surface area contributed by atoms with Gasteiger partial charge in [0.2, 0.25) is 0 Å². The number of hydrogen-bond acceptors (Lipinski definition) is 5. The Kier molecular flexibility index (Phi) is 5.91. The summed E-state index contributed by atoms with van der Waals surface area (Å²) in [6.07, 6.45) is -0.344. The van der Waals surface area contributed by atoms with E-state index in [-0.39, 0.29) is 6.61 Å². The average Bonchev–Trinajstić information content (AvgIpc) is 3.08. The molecule has 2 atom stereocenters. The molecule has 0 N–H and O–H groups in total. The molecule has 0 aliphatic carbocycles. The van der Waals surface area contributed by atoms with Crippen LogP contribution in [0.15, 0.2) is 48.5 Å². The van der Waals surface area contributed by atoms with Crippen LogP contribution in [0.3, 0.4) is 0 Å². The Labute approximate surface area is 156 Å². The van der Waals surface area contributed by atoms with Crippen molar-refractivity contribution >= 4 is 23.5 Å². The predicted octanol–water partition coefficient (Wildman–Crippen LogP) is 3.82. The molecule has 136 valence electrons. The SMILES string of the molecule is Cc1ccc(C(=O)OC2CCOC2COC(=O)c2ccc(Cl)cc2)cc1. The van der Waals surface area contributed by atoms with Gasteiger partial charge in [0.1, 0.15) is 18.8 Å². The Balaban J connectivity index is 1.54. The minimum absolute atomic E-state index is 0.0211. The monoisotopic (exact) mass is 374 g/mol. The van der Waals surface area contributed by atoms with Gasteiger partial charge in [-0.3, -0.25) is 0 Å². The highest BCUT2D eigenvalue weighted by Crippen LogP contribution is 2.20. The highest BCUT2D eigenvalue weighted by atomic mass is 35.5. The number of carbonyl (C=O) groups excluding carboxylic acids is 2. The van der Waals surface area contributed by atoms with E-state index in [2.05, 4.69) is 0 Å². The molecule has 0 amide bonds. The zero-order valence-corrected chi connectivity index (χ0v) is 15.1. The van der Waals surface area contributed by atoms with Crippen LogP contribution in [0.4, 0.5) is 0 Å². The van der Waals surface area contributed by atoms with Crippen molar-refractivity contribution in [1.29, 1.82) is 0 Å². The second kappa shape index (κ2) is 8.34. The molecule has 1 saturated heterocycles. The van der Waals surface area contributed by atoms with E-state index in [4.69, 9.17) is 25.8 Å². The molecule has 1 aliphatic heterocycles. The number of benzene rings is 2. The zero-order chi connectivity index (χ0) is 18.5. The third kappa shape index (κ3) is 4.62. The van der Waals surface area contributed by atoms with Crippen molar-refractivity contribution in [3.8, 4) is 0 Å². The van der Waals surface area contributed by atoms with Gasteiger partial charge in [0, 0.05) is 11.4 Å². The van der Waals surface area contributed by atoms with Crippen LogP contribution in [-0.4, -0.2) is 37.4 Å². The second-order valence-electron chi connectivity index (χ2n) is 6.11. The molecule has 0 saturated carbocycles. The first-order valence-corrected chi connectivity index (χ1v) is 8.72. The first-order chi connectivity index (χ1) is 12.5. The maximum absolute atomic E-state index is 12.3. The third-order valence-corrected chi connectivity index (χ3v) is 4.41. The summed E-state index contributed by atoms with van der Waals surface area (Å²) >= 11 is 5.80. The van der Waals surface area contributed by atoms with E-state index in [0.29, 0.717) is 29.2 Å². The normalized spacial score (nSPS) is 19.2. The lowest BCUT2D eigenvalue weighted by Crippen LogP contribution is -2.32. The van der Waals surface area contributed by atoms with Crippen LogP contribution in [-0.2, 0) is 14.2 Å². The summed E-state index contributed by atoms with van der Waals surface area (Å²) in [5.41, 5.74) is 1.96. The van der Waals surface area contributed by atoms with Gasteiger partial charge in [-0.05, 0) is 43.3 Å². The molecule has 2 aromatic carbocycles. The van der Waals surface area contributed by atoms with Crippen molar-refractivity contribution in [2.24, 2.45) is 0 Å². The zero-order valence-electron chi connectivity index (χ0n) is 14.3. The van der Waals surface area contributed by atoms with Gasteiger partial charge < -0.3 is 14.2 Å². The Morgan fingerprint density at radius 1 is 1.04 bits per heavy atom. The molecule has 0 spiro atoms. The summed E-state index contributed by atoms with van der Waals surface area (Å²) in [5.74, 6) is -0.879. The molecule has 3 rings (SSSR count). The van der Waals surface area contributed by atoms with E-state index < -0.39 is 24.1 Å². The van der Waals surface area contributed by atoms with Crippen molar-refractivity contribution in [2.75, 3.05) is 13.2 Å². The number of aryl methyl sites for hydroxylation is 1. The minimum atomic E-state index is -0.472. The molecule has 6 heteroatoms. The molecule has 1 aliphatic rings. The summed E-state index contributed by atoms with van der Waals surface area (Å²) in [7, 11) is 0. The standard InChI is InChI=1S/C20H19ClO5/c1-13-2-4-15(5-3-13)20(23)26-17-10-11-24-18(17)12-25-19(22)14-6-8-16(21)9-7-14/h2-9,17-18H,10-12H2,1H3. The molecule has 5 nitrogen and oxygen atoms in total. The average molecular weight is 375 g/mol. The minimum Gasteiger partial charge on any atom is -0.459 e. The molecular weight excluding hydrogens is 356 g/mol. The van der Waals surface area contributed by atoms with Crippen molar-refractivity contribution < 1.29 is 23.8 Å². The van der Waals surface area contributed by atoms with Crippen LogP contribution in [0.2, 0.25) is 5.02 Å². The topological polar surface area (TPSA) is 61.8 Å². The van der Waals surface area contributed by atoms with Crippen molar-refractivity contribution in [1.82, 2.24) is 0 Å². The maximum atomic E-state index is 12.3. The summed E-state index contributed by atoms with van der Waals surface area (Å²) < 4.78 is 16.4. The molecule has 0 bridgehead atoms. The van der Waals surface area contributed by atoms with E-state index in [9.17, 15) is 9.59 Å². The summed E-state index contributed by atoms with van der Waals surface area (Å²) in [5, 5.41) is 0.545. The molecule has 2 unspecified atom stereocenters. The van der Waals surface area contributed by atoms with Crippen LogP contribution in [0.1, 0.15) is 32.7 Å². The van der Waals surface area contributed by atoms with Crippen LogP contribution >= 0.6 is 11.6 Å². The number of carbonyl (C=O) groups is 2. The van der Waals surface area contributed by atoms with Gasteiger partial charge in [-0.25, -0.2) is 9.59 Å². The van der Waals surface area contributed by atoms with Gasteiger partial charge in [0.05, 0.1) is 17.7 Å². The lowest BCUT2D eigenvalue weighted by Gasteiger charge is -2.19. The first kappa shape index (κ1) is 18.4. The lowest BCUT2D eigenvalue weighted by atomic mass is 10.1. The Hall–Kier alpha value is -2.37. The molecule has 26 heavy (non-hydrogen) atoms. The first-order valence-electron chi connectivity index (χ1n) is 8.35. The molecule has 0 aromatic heterocycles. The van der Waals surface area contributed by atoms with E-state index in [1.165, 1.54) is 0 Å². The van der Waals surface area contributed by atoms with Gasteiger partial charge in [0.15, 0.2) is 0 Å². The molecule has 1 fully saturated rings. The molecule has 2 aromatic rings. The lowest BCUT2D eigenvalue weighted by molar-refractivity contribution is -0.0282. The van der Waals surface area contributed by atoms with Gasteiger partial charge in [-0.2, -0.15) is 0 Å². The van der Waals surface area contributed by atoms with Crippen LogP contribution in [0.25, 0.3) is 0 Å².